The monoisotopic (exact) mass is 774 g/mol. The van der Waals surface area contributed by atoms with Crippen LogP contribution in [-0.4, -0.2) is 161 Å². The molecule has 300 valence electrons. The minimum atomic E-state index is -1.42. The maximum Gasteiger partial charge on any atom is 0.323 e. The van der Waals surface area contributed by atoms with Crippen LogP contribution < -0.4 is 21.7 Å². The molecule has 0 bridgehead atoms. The molecule has 2 heterocycles. The van der Waals surface area contributed by atoms with Crippen LogP contribution in [0, 0.1) is 23.7 Å². The van der Waals surface area contributed by atoms with E-state index in [1.807, 2.05) is 12.1 Å². The third kappa shape index (κ3) is 15.7. The molecule has 19 heteroatoms. The Kier molecular flexibility index (Phi) is 20.5. The largest absolute Gasteiger partial charge is 0.480 e. The number of hydrogen-bond acceptors (Lipinski definition) is 15. The molecule has 10 atom stereocenters. The fourth-order valence-electron chi connectivity index (χ4n) is 4.70. The van der Waals surface area contributed by atoms with Crippen molar-refractivity contribution < 1.29 is 73.9 Å². The van der Waals surface area contributed by atoms with Gasteiger partial charge < -0.3 is 76.4 Å². The first-order valence-corrected chi connectivity index (χ1v) is 16.5. The molecule has 0 radical (unpaired) electrons. The Morgan fingerprint density at radius 2 is 1.13 bits per heavy atom. The van der Waals surface area contributed by atoms with Crippen LogP contribution in [0.15, 0.2) is 60.7 Å². The number of carboxylic acids is 1. The average Bonchev–Trinajstić information content (AvgIpc) is 3.20. The second-order valence-corrected chi connectivity index (χ2v) is 11.5. The molecule has 0 aromatic heterocycles. The topological polar surface area (TPSA) is 309 Å². The summed E-state index contributed by atoms with van der Waals surface area (Å²) >= 11 is 0. The minimum Gasteiger partial charge on any atom is -0.480 e. The summed E-state index contributed by atoms with van der Waals surface area (Å²) in [4.78, 5) is 44.8. The zero-order valence-electron chi connectivity index (χ0n) is 29.8. The molecule has 55 heavy (non-hydrogen) atoms. The van der Waals surface area contributed by atoms with Crippen LogP contribution in [-0.2, 0) is 38.1 Å². The lowest BCUT2D eigenvalue weighted by molar-refractivity contribution is -0.262. The maximum absolute atomic E-state index is 12.0. The second-order valence-electron chi connectivity index (χ2n) is 11.5. The van der Waals surface area contributed by atoms with Crippen molar-refractivity contribution in [2.75, 3.05) is 40.5 Å². The zero-order chi connectivity index (χ0) is 40.9. The van der Waals surface area contributed by atoms with Crippen molar-refractivity contribution in [3.05, 3.63) is 71.8 Å². The van der Waals surface area contributed by atoms with Gasteiger partial charge in [0, 0.05) is 37.2 Å². The number of carbonyl (C=O) groups is 4. The summed E-state index contributed by atoms with van der Waals surface area (Å²) in [5.41, 5.74) is 6.87. The summed E-state index contributed by atoms with van der Waals surface area (Å²) in [5.74, 6) is 6.96. The van der Waals surface area contributed by atoms with Crippen LogP contribution in [0.5, 0.6) is 0 Å². The van der Waals surface area contributed by atoms with E-state index in [4.69, 9.17) is 40.0 Å². The van der Waals surface area contributed by atoms with Gasteiger partial charge in [0.1, 0.15) is 49.2 Å². The van der Waals surface area contributed by atoms with Crippen LogP contribution >= 0.6 is 0 Å². The number of rotatable bonds is 9. The van der Waals surface area contributed by atoms with E-state index < -0.39 is 98.1 Å². The van der Waals surface area contributed by atoms with Gasteiger partial charge in [0.05, 0.1) is 25.8 Å². The Labute approximate surface area is 316 Å². The molecule has 10 unspecified atom stereocenters. The van der Waals surface area contributed by atoms with E-state index in [0.717, 1.165) is 0 Å². The summed E-state index contributed by atoms with van der Waals surface area (Å²) in [7, 11) is 2.67. The Morgan fingerprint density at radius 3 is 1.56 bits per heavy atom. The van der Waals surface area contributed by atoms with E-state index >= 15 is 0 Å². The lowest BCUT2D eigenvalue weighted by Crippen LogP contribution is -2.65. The van der Waals surface area contributed by atoms with Gasteiger partial charge in [-0.1, -0.05) is 48.2 Å². The summed E-state index contributed by atoms with van der Waals surface area (Å²) in [6.07, 6.45) is -8.89. The van der Waals surface area contributed by atoms with E-state index in [1.54, 1.807) is 48.5 Å². The number of carbonyl (C=O) groups excluding carboxylic acids is 3. The molecule has 0 spiro atoms. The number of aliphatic carboxylic acids is 1. The maximum atomic E-state index is 12.0. The average molecular weight is 775 g/mol. The Bertz CT molecular complexity index is 1610. The lowest BCUT2D eigenvalue weighted by Gasteiger charge is -2.41. The third-order valence-electron chi connectivity index (χ3n) is 7.60. The molecule has 12 N–H and O–H groups in total. The third-order valence-corrected chi connectivity index (χ3v) is 7.60. The number of carboxylic acid groups (broad SMARTS) is 1. The van der Waals surface area contributed by atoms with Gasteiger partial charge in [0.2, 0.25) is 5.91 Å². The first kappa shape index (κ1) is 46.2. The van der Waals surface area contributed by atoms with Gasteiger partial charge >= 0.3 is 5.97 Å². The van der Waals surface area contributed by atoms with Gasteiger partial charge in [-0.25, -0.2) is 0 Å². The summed E-state index contributed by atoms with van der Waals surface area (Å²) in [6.45, 7) is -1.70. The number of benzene rings is 2. The lowest BCUT2D eigenvalue weighted by atomic mass is 9.97. The molecule has 0 aliphatic carbocycles. The van der Waals surface area contributed by atoms with Gasteiger partial charge in [0.25, 0.3) is 11.8 Å². The molecule has 2 aliphatic rings. The molecule has 2 saturated heterocycles. The smallest absolute Gasteiger partial charge is 0.323 e. The van der Waals surface area contributed by atoms with Crippen molar-refractivity contribution in [1.82, 2.24) is 16.0 Å². The Morgan fingerprint density at radius 1 is 0.691 bits per heavy atom. The van der Waals surface area contributed by atoms with Crippen molar-refractivity contribution >= 4 is 23.7 Å². The molecular weight excluding hydrogens is 728 g/mol. The van der Waals surface area contributed by atoms with Crippen molar-refractivity contribution in [1.29, 1.82) is 0 Å². The first-order chi connectivity index (χ1) is 26.3. The standard InChI is InChI=1S/C18H22N2O7.C11H9NO3.C7H15NO5/c1-26-18-15(17(25)16(24)12(10-21)27-18)20-14(23)9-19-13(22)8-7-11-5-3-2-4-6-11;13-10(12-8-11(14)15)7-6-9-4-2-1-3-5-9;1-12-7-4(8)6(11)5(10)3(2-9)13-7/h2-6,12,15-18,21,24-25H,9-10H2,1H3,(H,19,22)(H,20,23);1-5H,8H2,(H,12,13)(H,14,15);3-7,9-11H,2,8H2,1H3. The number of ether oxygens (including phenoxy) is 4. The highest BCUT2D eigenvalue weighted by Gasteiger charge is 2.45. The van der Waals surface area contributed by atoms with E-state index in [9.17, 15) is 39.6 Å². The molecule has 2 fully saturated rings. The fourth-order valence-corrected chi connectivity index (χ4v) is 4.70. The Hall–Kier alpha value is -5.00. The van der Waals surface area contributed by atoms with E-state index in [-0.39, 0.29) is 13.2 Å². The quantitative estimate of drug-likeness (QED) is 0.107. The zero-order valence-corrected chi connectivity index (χ0v) is 29.8. The highest BCUT2D eigenvalue weighted by molar-refractivity contribution is 5.96. The Balaban J connectivity index is 0.000000314. The molecule has 2 aliphatic heterocycles. The number of hydrogen-bond donors (Lipinski definition) is 11. The number of aliphatic hydroxyl groups excluding tert-OH is 6. The number of amides is 3. The van der Waals surface area contributed by atoms with Gasteiger partial charge in [-0.3, -0.25) is 19.2 Å². The van der Waals surface area contributed by atoms with Gasteiger partial charge in [-0.15, -0.1) is 0 Å². The predicted molar refractivity (Wildman–Crippen MR) is 190 cm³/mol. The van der Waals surface area contributed by atoms with Crippen LogP contribution in [0.1, 0.15) is 11.1 Å². The van der Waals surface area contributed by atoms with E-state index in [0.29, 0.717) is 11.1 Å². The van der Waals surface area contributed by atoms with E-state index in [2.05, 4.69) is 39.6 Å². The van der Waals surface area contributed by atoms with Crippen LogP contribution in [0.3, 0.4) is 0 Å². The predicted octanol–water partition coefficient (Wildman–Crippen LogP) is -4.64. The number of aliphatic hydroxyl groups is 6. The molecule has 0 saturated carbocycles. The summed E-state index contributed by atoms with van der Waals surface area (Å²) in [5, 5.41) is 71.9. The fraction of sp³-hybridized carbons (Fsp3) is 0.444. The normalized spacial score (nSPS) is 26.6. The first-order valence-electron chi connectivity index (χ1n) is 16.5. The molecule has 3 amide bonds. The van der Waals surface area contributed by atoms with Crippen molar-refractivity contribution in [3.63, 3.8) is 0 Å². The second kappa shape index (κ2) is 24.4. The molecule has 2 aromatic rings. The number of nitrogens with one attached hydrogen (secondary N) is 3. The van der Waals surface area contributed by atoms with Crippen LogP contribution in [0.25, 0.3) is 0 Å². The minimum absolute atomic E-state index is 0.384. The van der Waals surface area contributed by atoms with Gasteiger partial charge in [0.15, 0.2) is 12.6 Å². The van der Waals surface area contributed by atoms with Crippen LogP contribution in [0.2, 0.25) is 0 Å². The van der Waals surface area contributed by atoms with Crippen LogP contribution in [0.4, 0.5) is 0 Å². The van der Waals surface area contributed by atoms with Gasteiger partial charge in [-0.05, 0) is 24.3 Å². The number of methoxy groups -OCH3 is 2. The number of nitrogens with two attached hydrogens (primary N) is 1. The van der Waals surface area contributed by atoms with E-state index in [1.165, 1.54) is 14.2 Å². The van der Waals surface area contributed by atoms with Crippen molar-refractivity contribution in [2.45, 2.75) is 61.3 Å². The van der Waals surface area contributed by atoms with Gasteiger partial charge in [-0.2, -0.15) is 0 Å². The molecule has 4 rings (SSSR count). The summed E-state index contributed by atoms with van der Waals surface area (Å²) in [6, 6.07) is 16.0. The molecule has 19 nitrogen and oxygen atoms in total. The van der Waals surface area contributed by atoms with Crippen molar-refractivity contribution in [2.24, 2.45) is 5.73 Å². The molecular formula is C36H46N4O15. The SMILES string of the molecule is COC1OC(CO)C(O)C(O)C1N.COC1OC(CO)C(O)C(O)C1NC(=O)CNC(=O)C#Cc1ccccc1.O=C(O)CNC(=O)C#Cc1ccccc1. The summed E-state index contributed by atoms with van der Waals surface area (Å²) < 4.78 is 20.2. The highest BCUT2D eigenvalue weighted by Crippen LogP contribution is 2.22. The van der Waals surface area contributed by atoms with Crippen molar-refractivity contribution in [3.8, 4) is 23.7 Å². The molecule has 2 aromatic carbocycles. The highest BCUT2D eigenvalue weighted by atomic mass is 16.7.